The van der Waals surface area contributed by atoms with Crippen LogP contribution in [0.15, 0.2) is 30.5 Å². The Kier molecular flexibility index (Phi) is 6.06. The van der Waals surface area contributed by atoms with Crippen molar-refractivity contribution in [3.05, 3.63) is 41.6 Å². The Morgan fingerprint density at radius 2 is 1.97 bits per heavy atom. The molecule has 8 nitrogen and oxygen atoms in total. The zero-order valence-corrected chi connectivity index (χ0v) is 18.1. The number of benzene rings is 1. The SMILES string of the molecule is CCOC(=O)Cc1ccc(Nc2ncc(C)c(N3CCC4(CCNC4=O)CC3)n2)cc1. The maximum atomic E-state index is 12.2. The van der Waals surface area contributed by atoms with Gasteiger partial charge in [-0.3, -0.25) is 9.59 Å². The highest BCUT2D eigenvalue weighted by Crippen LogP contribution is 2.39. The van der Waals surface area contributed by atoms with Gasteiger partial charge in [-0.1, -0.05) is 12.1 Å². The zero-order chi connectivity index (χ0) is 21.8. The molecule has 0 unspecified atom stereocenters. The molecule has 0 bridgehead atoms. The van der Waals surface area contributed by atoms with Gasteiger partial charge in [-0.05, 0) is 50.8 Å². The highest BCUT2D eigenvalue weighted by Gasteiger charge is 2.44. The van der Waals surface area contributed by atoms with Gasteiger partial charge in [0.2, 0.25) is 11.9 Å². The van der Waals surface area contributed by atoms with Crippen LogP contribution < -0.4 is 15.5 Å². The van der Waals surface area contributed by atoms with E-state index in [1.54, 1.807) is 6.92 Å². The minimum absolute atomic E-state index is 0.191. The molecule has 164 valence electrons. The highest BCUT2D eigenvalue weighted by atomic mass is 16.5. The van der Waals surface area contributed by atoms with Crippen molar-refractivity contribution in [2.75, 3.05) is 36.5 Å². The topological polar surface area (TPSA) is 96.5 Å². The maximum Gasteiger partial charge on any atom is 0.310 e. The molecule has 3 heterocycles. The number of ether oxygens (including phenoxy) is 1. The number of hydrogen-bond donors (Lipinski definition) is 2. The molecular formula is C23H29N5O3. The molecule has 8 heteroatoms. The van der Waals surface area contributed by atoms with E-state index in [-0.39, 0.29) is 23.7 Å². The quantitative estimate of drug-likeness (QED) is 0.690. The van der Waals surface area contributed by atoms with E-state index in [4.69, 9.17) is 9.72 Å². The van der Waals surface area contributed by atoms with Crippen molar-refractivity contribution in [2.24, 2.45) is 5.41 Å². The second kappa shape index (κ2) is 8.91. The Balaban J connectivity index is 1.41. The van der Waals surface area contributed by atoms with Crippen molar-refractivity contribution < 1.29 is 14.3 Å². The Hall–Kier alpha value is -3.16. The van der Waals surface area contributed by atoms with Gasteiger partial charge in [0.1, 0.15) is 5.82 Å². The maximum absolute atomic E-state index is 12.2. The second-order valence-corrected chi connectivity index (χ2v) is 8.28. The van der Waals surface area contributed by atoms with E-state index in [2.05, 4.69) is 20.5 Å². The molecule has 1 aromatic carbocycles. The zero-order valence-electron chi connectivity index (χ0n) is 18.1. The van der Waals surface area contributed by atoms with E-state index in [1.165, 1.54) is 0 Å². The van der Waals surface area contributed by atoms with Crippen LogP contribution >= 0.6 is 0 Å². The van der Waals surface area contributed by atoms with Gasteiger partial charge in [-0.25, -0.2) is 4.98 Å². The van der Waals surface area contributed by atoms with Crippen LogP contribution in [0, 0.1) is 12.3 Å². The van der Waals surface area contributed by atoms with Gasteiger partial charge < -0.3 is 20.3 Å². The molecular weight excluding hydrogens is 394 g/mol. The number of rotatable bonds is 6. The van der Waals surface area contributed by atoms with Gasteiger partial charge in [-0.15, -0.1) is 0 Å². The van der Waals surface area contributed by atoms with E-state index in [1.807, 2.05) is 37.4 Å². The summed E-state index contributed by atoms with van der Waals surface area (Å²) in [6, 6.07) is 7.60. The Labute approximate surface area is 182 Å². The first-order valence-electron chi connectivity index (χ1n) is 10.9. The number of carbonyl (C=O) groups excluding carboxylic acids is 2. The predicted octanol–water partition coefficient (Wildman–Crippen LogP) is 2.74. The van der Waals surface area contributed by atoms with Gasteiger partial charge in [0.25, 0.3) is 0 Å². The predicted molar refractivity (Wildman–Crippen MR) is 118 cm³/mol. The third kappa shape index (κ3) is 4.62. The molecule has 2 aliphatic heterocycles. The summed E-state index contributed by atoms with van der Waals surface area (Å²) in [5.74, 6) is 1.41. The molecule has 2 saturated heterocycles. The first-order valence-corrected chi connectivity index (χ1v) is 10.9. The smallest absolute Gasteiger partial charge is 0.310 e. The van der Waals surface area contributed by atoms with Crippen LogP contribution in [0.2, 0.25) is 0 Å². The molecule has 1 spiro atoms. The van der Waals surface area contributed by atoms with Crippen LogP contribution in [0.3, 0.4) is 0 Å². The molecule has 0 aliphatic carbocycles. The monoisotopic (exact) mass is 423 g/mol. The number of carbonyl (C=O) groups is 2. The number of nitrogens with zero attached hydrogens (tertiary/aromatic N) is 3. The molecule has 0 atom stereocenters. The summed E-state index contributed by atoms with van der Waals surface area (Å²) >= 11 is 0. The van der Waals surface area contributed by atoms with Gasteiger partial charge in [0.05, 0.1) is 18.4 Å². The lowest BCUT2D eigenvalue weighted by Gasteiger charge is -2.38. The molecule has 1 aromatic heterocycles. The largest absolute Gasteiger partial charge is 0.466 e. The van der Waals surface area contributed by atoms with E-state index in [0.717, 1.165) is 61.5 Å². The molecule has 4 rings (SSSR count). The number of aromatic nitrogens is 2. The number of anilines is 3. The van der Waals surface area contributed by atoms with Crippen molar-refractivity contribution in [1.82, 2.24) is 15.3 Å². The third-order valence-electron chi connectivity index (χ3n) is 6.20. The van der Waals surface area contributed by atoms with Crippen molar-refractivity contribution >= 4 is 29.3 Å². The van der Waals surface area contributed by atoms with Crippen molar-refractivity contribution in [2.45, 2.75) is 39.5 Å². The summed E-state index contributed by atoms with van der Waals surface area (Å²) in [6.45, 7) is 6.61. The third-order valence-corrected chi connectivity index (χ3v) is 6.20. The van der Waals surface area contributed by atoms with E-state index in [9.17, 15) is 9.59 Å². The molecule has 2 aromatic rings. The fourth-order valence-corrected chi connectivity index (χ4v) is 4.37. The normalized spacial score (nSPS) is 17.5. The van der Waals surface area contributed by atoms with Gasteiger partial charge >= 0.3 is 5.97 Å². The number of hydrogen-bond acceptors (Lipinski definition) is 7. The minimum Gasteiger partial charge on any atom is -0.466 e. The highest BCUT2D eigenvalue weighted by molar-refractivity contribution is 5.85. The first-order chi connectivity index (χ1) is 15.0. The van der Waals surface area contributed by atoms with Crippen molar-refractivity contribution in [1.29, 1.82) is 0 Å². The lowest BCUT2D eigenvalue weighted by Crippen LogP contribution is -2.44. The van der Waals surface area contributed by atoms with Crippen molar-refractivity contribution in [3.63, 3.8) is 0 Å². The molecule has 0 saturated carbocycles. The van der Waals surface area contributed by atoms with Gasteiger partial charge in [0.15, 0.2) is 0 Å². The van der Waals surface area contributed by atoms with E-state index in [0.29, 0.717) is 12.6 Å². The summed E-state index contributed by atoms with van der Waals surface area (Å²) < 4.78 is 4.99. The molecule has 2 aliphatic rings. The van der Waals surface area contributed by atoms with Crippen LogP contribution in [-0.4, -0.2) is 48.1 Å². The first kappa shape index (κ1) is 21.1. The van der Waals surface area contributed by atoms with Gasteiger partial charge in [-0.2, -0.15) is 4.98 Å². The van der Waals surface area contributed by atoms with Crippen LogP contribution in [0.4, 0.5) is 17.5 Å². The number of piperidine rings is 1. The average molecular weight is 424 g/mol. The second-order valence-electron chi connectivity index (χ2n) is 8.28. The molecule has 31 heavy (non-hydrogen) atoms. The van der Waals surface area contributed by atoms with Gasteiger partial charge in [0, 0.05) is 37.1 Å². The minimum atomic E-state index is -0.229. The summed E-state index contributed by atoms with van der Waals surface area (Å²) in [5, 5.41) is 6.23. The Morgan fingerprint density at radius 3 is 2.61 bits per heavy atom. The summed E-state index contributed by atoms with van der Waals surface area (Å²) in [7, 11) is 0. The van der Waals surface area contributed by atoms with Crippen LogP contribution in [0.25, 0.3) is 0 Å². The molecule has 2 N–H and O–H groups in total. The summed E-state index contributed by atoms with van der Waals surface area (Å²) in [6.07, 6.45) is 4.72. The number of nitrogens with one attached hydrogen (secondary N) is 2. The number of aryl methyl sites for hydroxylation is 1. The number of amides is 1. The van der Waals surface area contributed by atoms with Crippen molar-refractivity contribution in [3.8, 4) is 0 Å². The Bertz CT molecular complexity index is 952. The van der Waals surface area contributed by atoms with Crippen LogP contribution in [0.1, 0.15) is 37.3 Å². The standard InChI is InChI=1S/C23H29N5O3/c1-3-31-19(29)14-17-4-6-18(7-5-17)26-22-25-15-16(2)20(27-22)28-12-9-23(10-13-28)8-11-24-21(23)30/h4-7,15H,3,8-14H2,1-2H3,(H,24,30)(H,25,26,27). The average Bonchev–Trinajstić information content (AvgIpc) is 3.11. The molecule has 0 radical (unpaired) electrons. The number of esters is 1. The summed E-state index contributed by atoms with van der Waals surface area (Å²) in [5.41, 5.74) is 2.57. The fourth-order valence-electron chi connectivity index (χ4n) is 4.37. The van der Waals surface area contributed by atoms with E-state index >= 15 is 0 Å². The lowest BCUT2D eigenvalue weighted by molar-refractivity contribution is -0.142. The lowest BCUT2D eigenvalue weighted by atomic mass is 9.77. The molecule has 2 fully saturated rings. The van der Waals surface area contributed by atoms with Crippen LogP contribution in [-0.2, 0) is 20.7 Å². The Morgan fingerprint density at radius 1 is 1.23 bits per heavy atom. The van der Waals surface area contributed by atoms with E-state index < -0.39 is 0 Å². The van der Waals surface area contributed by atoms with Crippen LogP contribution in [0.5, 0.6) is 0 Å². The summed E-state index contributed by atoms with van der Waals surface area (Å²) in [4.78, 5) is 35.3. The fraction of sp³-hybridized carbons (Fsp3) is 0.478. The molecule has 1 amide bonds.